The minimum Gasteiger partial charge on any atom is -0.340 e. The Bertz CT molecular complexity index is 958. The van der Waals surface area contributed by atoms with Crippen LogP contribution in [-0.2, 0) is 17.4 Å². The molecule has 0 saturated carbocycles. The van der Waals surface area contributed by atoms with Crippen molar-refractivity contribution in [2.75, 3.05) is 16.8 Å². The molecule has 1 aliphatic heterocycles. The fraction of sp³-hybridized carbons (Fsp3) is 0.429. The Balaban J connectivity index is 1.89. The molecule has 30 heavy (non-hydrogen) atoms. The molecule has 0 fully saturated rings. The Morgan fingerprint density at radius 1 is 1.20 bits per heavy atom. The van der Waals surface area contributed by atoms with Crippen molar-refractivity contribution in [2.24, 2.45) is 0 Å². The summed E-state index contributed by atoms with van der Waals surface area (Å²) in [4.78, 5) is 37.4. The lowest BCUT2D eigenvalue weighted by molar-refractivity contribution is -0.137. The van der Waals surface area contributed by atoms with Gasteiger partial charge >= 0.3 is 6.18 Å². The summed E-state index contributed by atoms with van der Waals surface area (Å²) in [7, 11) is 1.66. The molecule has 3 rings (SSSR count). The van der Waals surface area contributed by atoms with E-state index in [0.29, 0.717) is 17.9 Å². The molecule has 0 aliphatic carbocycles. The van der Waals surface area contributed by atoms with Crippen LogP contribution in [0.15, 0.2) is 30.5 Å². The molecule has 1 aliphatic rings. The van der Waals surface area contributed by atoms with Gasteiger partial charge in [-0.25, -0.2) is 9.97 Å². The molecule has 1 unspecified atom stereocenters. The summed E-state index contributed by atoms with van der Waals surface area (Å²) in [5.74, 6) is 0.397. The number of alkyl halides is 3. The summed E-state index contributed by atoms with van der Waals surface area (Å²) in [5.41, 5.74) is -0.0946. The predicted molar refractivity (Wildman–Crippen MR) is 107 cm³/mol. The van der Waals surface area contributed by atoms with Gasteiger partial charge in [-0.3, -0.25) is 9.59 Å². The number of rotatable bonds is 5. The summed E-state index contributed by atoms with van der Waals surface area (Å²) in [6.45, 7) is 5.84. The average Bonchev–Trinajstić information content (AvgIpc) is 2.69. The number of amides is 1. The van der Waals surface area contributed by atoms with Gasteiger partial charge in [-0.1, -0.05) is 19.1 Å². The number of likely N-dealkylation sites (N-methyl/N-ethyl adjacent to an activating group) is 1. The molecule has 2 aromatic rings. The van der Waals surface area contributed by atoms with E-state index in [-0.39, 0.29) is 41.6 Å². The van der Waals surface area contributed by atoms with Crippen LogP contribution in [0.1, 0.15) is 48.9 Å². The van der Waals surface area contributed by atoms with Crippen LogP contribution in [0.4, 0.5) is 24.7 Å². The SMILES string of the molecule is CCC1C(=O)N(C)c2cnc(CC(=O)c3ccc(C(F)(F)F)cc3)nc2N1C(C)C. The van der Waals surface area contributed by atoms with Crippen molar-refractivity contribution in [2.45, 2.75) is 51.9 Å². The van der Waals surface area contributed by atoms with Gasteiger partial charge in [-0.05, 0) is 32.4 Å². The number of fused-ring (bicyclic) bond motifs is 1. The van der Waals surface area contributed by atoms with Crippen LogP contribution < -0.4 is 9.80 Å². The number of anilines is 2. The molecule has 9 heteroatoms. The van der Waals surface area contributed by atoms with E-state index in [0.717, 1.165) is 24.3 Å². The van der Waals surface area contributed by atoms with E-state index in [4.69, 9.17) is 0 Å². The number of hydrogen-bond acceptors (Lipinski definition) is 5. The number of ketones is 1. The summed E-state index contributed by atoms with van der Waals surface area (Å²) < 4.78 is 38.1. The highest BCUT2D eigenvalue weighted by molar-refractivity contribution is 6.04. The van der Waals surface area contributed by atoms with Crippen molar-refractivity contribution < 1.29 is 22.8 Å². The van der Waals surface area contributed by atoms with Gasteiger partial charge in [0.2, 0.25) is 5.91 Å². The van der Waals surface area contributed by atoms with Crippen LogP contribution in [0.2, 0.25) is 0 Å². The third kappa shape index (κ3) is 4.01. The Labute approximate surface area is 172 Å². The van der Waals surface area contributed by atoms with E-state index < -0.39 is 11.7 Å². The minimum atomic E-state index is -4.46. The van der Waals surface area contributed by atoms with E-state index in [2.05, 4.69) is 9.97 Å². The first-order chi connectivity index (χ1) is 14.0. The van der Waals surface area contributed by atoms with Crippen molar-refractivity contribution in [3.8, 4) is 0 Å². The number of carbonyl (C=O) groups excluding carboxylic acids is 2. The second-order valence-corrected chi connectivity index (χ2v) is 7.49. The minimum absolute atomic E-state index is 0.000264. The van der Waals surface area contributed by atoms with E-state index in [9.17, 15) is 22.8 Å². The second kappa shape index (κ2) is 8.04. The fourth-order valence-corrected chi connectivity index (χ4v) is 3.59. The predicted octanol–water partition coefficient (Wildman–Crippen LogP) is 3.89. The molecule has 160 valence electrons. The Morgan fingerprint density at radius 3 is 2.37 bits per heavy atom. The molecular formula is C21H23F3N4O2. The number of benzene rings is 1. The highest BCUT2D eigenvalue weighted by Crippen LogP contribution is 2.35. The second-order valence-electron chi connectivity index (χ2n) is 7.49. The van der Waals surface area contributed by atoms with Crippen LogP contribution in [-0.4, -0.2) is 40.8 Å². The summed E-state index contributed by atoms with van der Waals surface area (Å²) in [6, 6.07) is 3.71. The van der Waals surface area contributed by atoms with E-state index in [1.807, 2.05) is 25.7 Å². The molecule has 0 radical (unpaired) electrons. The van der Waals surface area contributed by atoms with Crippen LogP contribution in [0.5, 0.6) is 0 Å². The number of carbonyl (C=O) groups is 2. The Kier molecular flexibility index (Phi) is 5.83. The van der Waals surface area contributed by atoms with Crippen LogP contribution in [0, 0.1) is 0 Å². The van der Waals surface area contributed by atoms with E-state index in [1.165, 1.54) is 11.1 Å². The van der Waals surface area contributed by atoms with Gasteiger partial charge in [-0.2, -0.15) is 13.2 Å². The molecule has 1 aromatic heterocycles. The maximum Gasteiger partial charge on any atom is 0.416 e. The number of halogens is 3. The van der Waals surface area contributed by atoms with Gasteiger partial charge in [0.05, 0.1) is 18.2 Å². The number of Topliss-reactive ketones (excluding diaryl/α,β-unsaturated/α-hetero) is 1. The largest absolute Gasteiger partial charge is 0.416 e. The molecule has 2 heterocycles. The topological polar surface area (TPSA) is 66.4 Å². The Morgan fingerprint density at radius 2 is 1.83 bits per heavy atom. The smallest absolute Gasteiger partial charge is 0.340 e. The maximum atomic E-state index is 12.7. The monoisotopic (exact) mass is 420 g/mol. The van der Waals surface area contributed by atoms with Crippen molar-refractivity contribution in [1.82, 2.24) is 9.97 Å². The first-order valence-corrected chi connectivity index (χ1v) is 9.66. The zero-order valence-electron chi connectivity index (χ0n) is 17.2. The maximum absolute atomic E-state index is 12.7. The van der Waals surface area contributed by atoms with Crippen LogP contribution in [0.3, 0.4) is 0 Å². The summed E-state index contributed by atoms with van der Waals surface area (Å²) >= 11 is 0. The lowest BCUT2D eigenvalue weighted by Gasteiger charge is -2.42. The normalized spacial score (nSPS) is 16.8. The first kappa shape index (κ1) is 21.7. The average molecular weight is 420 g/mol. The summed E-state index contributed by atoms with van der Waals surface area (Å²) in [6.07, 6.45) is -2.50. The zero-order chi connectivity index (χ0) is 22.2. The van der Waals surface area contributed by atoms with Gasteiger partial charge in [0.1, 0.15) is 17.6 Å². The lowest BCUT2D eigenvalue weighted by Crippen LogP contribution is -2.55. The molecule has 1 amide bonds. The van der Waals surface area contributed by atoms with E-state index in [1.54, 1.807) is 7.05 Å². The van der Waals surface area contributed by atoms with Crippen LogP contribution >= 0.6 is 0 Å². The molecular weight excluding hydrogens is 397 g/mol. The quantitative estimate of drug-likeness (QED) is 0.687. The zero-order valence-corrected chi connectivity index (χ0v) is 17.2. The molecule has 0 saturated heterocycles. The van der Waals surface area contributed by atoms with Crippen molar-refractivity contribution >= 4 is 23.2 Å². The highest BCUT2D eigenvalue weighted by atomic mass is 19.4. The van der Waals surface area contributed by atoms with Crippen molar-refractivity contribution in [3.05, 3.63) is 47.4 Å². The molecule has 0 bridgehead atoms. The molecule has 1 atom stereocenters. The van der Waals surface area contributed by atoms with Gasteiger partial charge in [0, 0.05) is 18.7 Å². The fourth-order valence-electron chi connectivity index (χ4n) is 3.59. The summed E-state index contributed by atoms with van der Waals surface area (Å²) in [5, 5.41) is 0. The molecule has 0 N–H and O–H groups in total. The number of aromatic nitrogens is 2. The van der Waals surface area contributed by atoms with Gasteiger partial charge in [-0.15, -0.1) is 0 Å². The number of nitrogens with zero attached hydrogens (tertiary/aromatic N) is 4. The van der Waals surface area contributed by atoms with Crippen molar-refractivity contribution in [3.63, 3.8) is 0 Å². The molecule has 0 spiro atoms. The molecule has 6 nitrogen and oxygen atoms in total. The van der Waals surface area contributed by atoms with Gasteiger partial charge in [0.15, 0.2) is 11.6 Å². The van der Waals surface area contributed by atoms with Crippen LogP contribution in [0.25, 0.3) is 0 Å². The number of hydrogen-bond donors (Lipinski definition) is 0. The van der Waals surface area contributed by atoms with E-state index >= 15 is 0 Å². The third-order valence-electron chi connectivity index (χ3n) is 5.15. The van der Waals surface area contributed by atoms with Gasteiger partial charge < -0.3 is 9.80 Å². The van der Waals surface area contributed by atoms with Crippen molar-refractivity contribution in [1.29, 1.82) is 0 Å². The van der Waals surface area contributed by atoms with Gasteiger partial charge in [0.25, 0.3) is 0 Å². The molecule has 1 aromatic carbocycles. The Hall–Kier alpha value is -2.97. The lowest BCUT2D eigenvalue weighted by atomic mass is 10.0. The third-order valence-corrected chi connectivity index (χ3v) is 5.15. The standard InChI is InChI=1S/C21H23F3N4O2/c1-5-15-20(30)27(4)16-11-25-18(26-19(16)28(15)12(2)3)10-17(29)13-6-8-14(9-7-13)21(22,23)24/h6-9,11-12,15H,5,10H2,1-4H3. The highest BCUT2D eigenvalue weighted by Gasteiger charge is 2.38. The first-order valence-electron chi connectivity index (χ1n) is 9.66.